The van der Waals surface area contributed by atoms with E-state index < -0.39 is 5.41 Å². The molecule has 1 rings (SSSR count). The molecule has 0 aromatic carbocycles. The number of carbonyl (C=O) groups is 1. The third-order valence-electron chi connectivity index (χ3n) is 2.00. The third-order valence-corrected chi connectivity index (χ3v) is 2.00. The van der Waals surface area contributed by atoms with Crippen LogP contribution in [0.15, 0.2) is 23.8 Å². The molecule has 0 N–H and O–H groups in total. The van der Waals surface area contributed by atoms with E-state index in [0.29, 0.717) is 0 Å². The van der Waals surface area contributed by atoms with E-state index in [1.165, 1.54) is 12.7 Å². The SMILES string of the molecule is COC(=O)C(C)(C)CC1=CC=C1.[C-]#[O+].[C-]#[O+].[C-]#[O+].[Fe]. The van der Waals surface area contributed by atoms with Crippen molar-refractivity contribution >= 4 is 5.97 Å². The Kier molecular flexibility index (Phi) is 23.1. The molecule has 1 aliphatic carbocycles. The van der Waals surface area contributed by atoms with Crippen molar-refractivity contribution in [3.8, 4) is 0 Å². The summed E-state index contributed by atoms with van der Waals surface area (Å²) in [6.07, 6.45) is 6.77. The van der Waals surface area contributed by atoms with E-state index >= 15 is 0 Å². The second kappa shape index (κ2) is 16.7. The molecule has 0 amide bonds. The monoisotopic (exact) mass is 306 g/mol. The molecule has 1 aliphatic rings. The van der Waals surface area contributed by atoms with Gasteiger partial charge < -0.3 is 4.74 Å². The molecule has 0 aliphatic heterocycles. The fourth-order valence-electron chi connectivity index (χ4n) is 1.21. The van der Waals surface area contributed by atoms with Crippen LogP contribution < -0.4 is 0 Å². The zero-order valence-electron chi connectivity index (χ0n) is 10.8. The summed E-state index contributed by atoms with van der Waals surface area (Å²) in [4.78, 5) is 11.2. The van der Waals surface area contributed by atoms with Crippen LogP contribution in [0.2, 0.25) is 0 Å². The molecular weight excluding hydrogens is 292 g/mol. The van der Waals surface area contributed by atoms with Gasteiger partial charge in [-0.15, -0.1) is 0 Å². The molecule has 0 unspecified atom stereocenters. The van der Waals surface area contributed by atoms with Gasteiger partial charge in [-0.1, -0.05) is 18.2 Å². The van der Waals surface area contributed by atoms with Crippen molar-refractivity contribution in [3.63, 3.8) is 0 Å². The maximum absolute atomic E-state index is 11.2. The molecule has 104 valence electrons. The Morgan fingerprint density at radius 2 is 1.58 bits per heavy atom. The first-order valence-electron chi connectivity index (χ1n) is 4.63. The molecule has 0 fully saturated rings. The van der Waals surface area contributed by atoms with E-state index in [-0.39, 0.29) is 23.0 Å². The number of allylic oxidation sites excluding steroid dienone is 4. The number of hydrogen-bond acceptors (Lipinski definition) is 2. The van der Waals surface area contributed by atoms with E-state index in [1.807, 2.05) is 32.1 Å². The Balaban J connectivity index is -0.000000142. The average molecular weight is 306 g/mol. The molecule has 0 atom stereocenters. The van der Waals surface area contributed by atoms with Crippen LogP contribution in [-0.4, -0.2) is 13.1 Å². The van der Waals surface area contributed by atoms with Crippen molar-refractivity contribution in [1.82, 2.24) is 0 Å². The summed E-state index contributed by atoms with van der Waals surface area (Å²) >= 11 is 0. The Hall–Kier alpha value is -1.31. The van der Waals surface area contributed by atoms with Crippen molar-refractivity contribution in [1.29, 1.82) is 0 Å². The summed E-state index contributed by atoms with van der Waals surface area (Å²) < 4.78 is 27.2. The van der Waals surface area contributed by atoms with E-state index in [2.05, 4.69) is 20.0 Å². The number of ether oxygens (including phenoxy) is 1. The smallest absolute Gasteiger partial charge is 0 e. The van der Waals surface area contributed by atoms with Gasteiger partial charge in [0.15, 0.2) is 0 Å². The van der Waals surface area contributed by atoms with Gasteiger partial charge in [0, 0.05) is 17.1 Å². The quantitative estimate of drug-likeness (QED) is 0.345. The summed E-state index contributed by atoms with van der Waals surface area (Å²) in [5.41, 5.74) is 0.816. The van der Waals surface area contributed by atoms with Crippen molar-refractivity contribution in [2.24, 2.45) is 5.41 Å². The molecule has 0 aromatic rings. The minimum Gasteiger partial charge on any atom is 0 e. The summed E-state index contributed by atoms with van der Waals surface area (Å²) in [6.45, 7) is 17.3. The summed E-state index contributed by atoms with van der Waals surface area (Å²) in [5.74, 6) is -0.149. The summed E-state index contributed by atoms with van der Waals surface area (Å²) in [7, 11) is 1.43. The zero-order chi connectivity index (χ0) is 15.2. The minimum absolute atomic E-state index is 0. The summed E-state index contributed by atoms with van der Waals surface area (Å²) in [6, 6.07) is 0. The van der Waals surface area contributed by atoms with Gasteiger partial charge in [0.05, 0.1) is 12.5 Å². The maximum Gasteiger partial charge on any atom is 0 e. The van der Waals surface area contributed by atoms with E-state index in [0.717, 1.165) is 6.42 Å². The zero-order valence-corrected chi connectivity index (χ0v) is 11.9. The van der Waals surface area contributed by atoms with Gasteiger partial charge in [-0.2, -0.15) is 0 Å². The largest absolute Gasteiger partial charge is 0 e. The van der Waals surface area contributed by atoms with Gasteiger partial charge in [0.2, 0.25) is 0 Å². The number of esters is 1. The summed E-state index contributed by atoms with van der Waals surface area (Å²) in [5, 5.41) is 0. The van der Waals surface area contributed by atoms with Crippen LogP contribution in [0, 0.1) is 25.4 Å². The topological polar surface area (TPSA) is 86.0 Å². The molecule has 19 heavy (non-hydrogen) atoms. The molecule has 0 aromatic heterocycles. The van der Waals surface area contributed by atoms with Gasteiger partial charge in [0.25, 0.3) is 0 Å². The second-order valence-electron chi connectivity index (χ2n) is 3.65. The average Bonchev–Trinajstić information content (AvgIpc) is 2.40. The maximum atomic E-state index is 11.2. The predicted molar refractivity (Wildman–Crippen MR) is 59.4 cm³/mol. The number of methoxy groups -OCH3 is 1. The van der Waals surface area contributed by atoms with Gasteiger partial charge in [0.1, 0.15) is 0 Å². The minimum atomic E-state index is -0.397. The molecule has 0 spiro atoms. The van der Waals surface area contributed by atoms with Crippen LogP contribution in [-0.2, 0) is 40.6 Å². The van der Waals surface area contributed by atoms with Gasteiger partial charge in [-0.05, 0) is 25.8 Å². The number of hydrogen-bond donors (Lipinski definition) is 0. The van der Waals surface area contributed by atoms with Gasteiger partial charge >= 0.3 is 39.9 Å². The molecule has 0 bridgehead atoms. The number of rotatable bonds is 3. The Bertz CT molecular complexity index is 347. The van der Waals surface area contributed by atoms with Crippen LogP contribution in [0.3, 0.4) is 0 Å². The third kappa shape index (κ3) is 11.5. The first kappa shape index (κ1) is 26.3. The van der Waals surface area contributed by atoms with E-state index in [1.54, 1.807) is 0 Å². The fourth-order valence-corrected chi connectivity index (χ4v) is 1.21. The normalized spacial score (nSPS) is 9.84. The Morgan fingerprint density at radius 3 is 1.79 bits per heavy atom. The first-order chi connectivity index (χ1) is 8.56. The molecule has 0 heterocycles. The van der Waals surface area contributed by atoms with Crippen LogP contribution >= 0.6 is 0 Å². The van der Waals surface area contributed by atoms with Crippen LogP contribution in [0.1, 0.15) is 20.3 Å². The number of carbonyl (C=O) groups excluding carboxylic acids is 1. The van der Waals surface area contributed by atoms with Crippen molar-refractivity contribution in [3.05, 3.63) is 43.8 Å². The van der Waals surface area contributed by atoms with Gasteiger partial charge in [-0.25, -0.2) is 0 Å². The van der Waals surface area contributed by atoms with Crippen molar-refractivity contribution in [2.45, 2.75) is 20.3 Å². The Morgan fingerprint density at radius 1 is 1.21 bits per heavy atom. The predicted octanol–water partition coefficient (Wildman–Crippen LogP) is 1.96. The van der Waals surface area contributed by atoms with E-state index in [9.17, 15) is 4.79 Å². The van der Waals surface area contributed by atoms with Crippen LogP contribution in [0.4, 0.5) is 0 Å². The second-order valence-corrected chi connectivity index (χ2v) is 3.65. The standard InChI is InChI=1S/C10H14O2.3CO.Fe/c1-10(2,9(11)12-3)7-8-5-4-6-8;3*1-2;/h4-6H,7H2,1-3H3;;;;. The van der Waals surface area contributed by atoms with Crippen molar-refractivity contribution in [2.75, 3.05) is 7.11 Å². The molecule has 5 nitrogen and oxygen atoms in total. The van der Waals surface area contributed by atoms with Crippen LogP contribution in [0.5, 0.6) is 0 Å². The fraction of sp³-hybridized carbons (Fsp3) is 0.385. The molecule has 6 heteroatoms. The van der Waals surface area contributed by atoms with Crippen LogP contribution in [0.25, 0.3) is 0 Å². The van der Waals surface area contributed by atoms with E-state index in [4.69, 9.17) is 18.7 Å². The molecular formula is C13H14FeO5. The van der Waals surface area contributed by atoms with Gasteiger partial charge in [-0.3, -0.25) is 4.79 Å². The Labute approximate surface area is 123 Å². The van der Waals surface area contributed by atoms with Crippen molar-refractivity contribution < 1.29 is 40.6 Å². The first-order valence-corrected chi connectivity index (χ1v) is 4.63. The molecule has 0 saturated heterocycles. The molecule has 0 radical (unpaired) electrons. The molecule has 0 saturated carbocycles.